The van der Waals surface area contributed by atoms with Crippen molar-refractivity contribution >= 4 is 22.8 Å². The molecule has 0 atom stereocenters. The van der Waals surface area contributed by atoms with Gasteiger partial charge in [-0.15, -0.1) is 11.8 Å². The highest BCUT2D eigenvalue weighted by Crippen LogP contribution is 2.24. The van der Waals surface area contributed by atoms with Gasteiger partial charge in [0, 0.05) is 17.5 Å². The minimum Gasteiger partial charge on any atom is -0.268 e. The average molecular weight is 297 g/mol. The summed E-state index contributed by atoms with van der Waals surface area (Å²) < 4.78 is 1.70. The predicted molar refractivity (Wildman–Crippen MR) is 86.3 cm³/mol. The largest absolute Gasteiger partial charge is 0.268 e. The van der Waals surface area contributed by atoms with Gasteiger partial charge in [-0.05, 0) is 30.5 Å². The minimum absolute atomic E-state index is 0.0635. The fourth-order valence-electron chi connectivity index (χ4n) is 2.36. The maximum absolute atomic E-state index is 12.9. The van der Waals surface area contributed by atoms with Crippen molar-refractivity contribution in [3.8, 4) is 5.69 Å². The van der Waals surface area contributed by atoms with Crippen LogP contribution in [0.1, 0.15) is 12.7 Å². The maximum atomic E-state index is 12.9. The Morgan fingerprint density at radius 3 is 2.76 bits per heavy atom. The van der Waals surface area contributed by atoms with Gasteiger partial charge in [-0.2, -0.15) is 0 Å². The fraction of sp³-hybridized carbons (Fsp3) is 0.188. The number of para-hydroxylation sites is 1. The lowest BCUT2D eigenvalue weighted by atomic mass is 10.2. The molecule has 2 aromatic heterocycles. The van der Waals surface area contributed by atoms with Crippen LogP contribution in [0.25, 0.3) is 16.7 Å². The second-order valence-corrected chi connectivity index (χ2v) is 5.42. The van der Waals surface area contributed by atoms with Crippen LogP contribution in [0.15, 0.2) is 52.3 Å². The number of hydrogen-bond acceptors (Lipinski definition) is 4. The Labute approximate surface area is 126 Å². The summed E-state index contributed by atoms with van der Waals surface area (Å²) >= 11 is 1.62. The molecule has 0 radical (unpaired) electrons. The van der Waals surface area contributed by atoms with Crippen molar-refractivity contribution < 1.29 is 0 Å². The summed E-state index contributed by atoms with van der Waals surface area (Å²) in [5.41, 5.74) is 1.33. The zero-order valence-corrected chi connectivity index (χ0v) is 12.7. The van der Waals surface area contributed by atoms with Crippen molar-refractivity contribution in [2.45, 2.75) is 18.2 Å². The van der Waals surface area contributed by atoms with Crippen molar-refractivity contribution in [1.82, 2.24) is 14.5 Å². The Balaban J connectivity index is 2.41. The van der Waals surface area contributed by atoms with Gasteiger partial charge in [0.05, 0.1) is 11.1 Å². The molecule has 5 heteroatoms. The highest BCUT2D eigenvalue weighted by atomic mass is 32.2. The first kappa shape index (κ1) is 13.8. The third-order valence-corrected chi connectivity index (χ3v) is 4.14. The number of pyridine rings is 1. The summed E-state index contributed by atoms with van der Waals surface area (Å²) in [5, 5.41) is 0.547. The lowest BCUT2D eigenvalue weighted by Crippen LogP contribution is -2.24. The zero-order chi connectivity index (χ0) is 14.8. The molecule has 0 amide bonds. The molecule has 0 spiro atoms. The van der Waals surface area contributed by atoms with Gasteiger partial charge in [-0.25, -0.2) is 9.97 Å². The SMILES string of the molecule is CCc1nc2ncccc2c(=O)n1-c1ccccc1SC. The quantitative estimate of drug-likeness (QED) is 0.697. The molecule has 21 heavy (non-hydrogen) atoms. The zero-order valence-electron chi connectivity index (χ0n) is 11.9. The number of aromatic nitrogens is 3. The normalized spacial score (nSPS) is 11.0. The molecule has 0 aliphatic rings. The number of rotatable bonds is 3. The van der Waals surface area contributed by atoms with E-state index in [9.17, 15) is 4.79 Å². The molecule has 0 bridgehead atoms. The van der Waals surface area contributed by atoms with E-state index in [4.69, 9.17) is 0 Å². The molecule has 3 rings (SSSR count). The van der Waals surface area contributed by atoms with E-state index >= 15 is 0 Å². The first-order chi connectivity index (χ1) is 10.3. The van der Waals surface area contributed by atoms with E-state index in [0.717, 1.165) is 16.4 Å². The molecule has 1 aromatic carbocycles. The molecule has 0 N–H and O–H groups in total. The van der Waals surface area contributed by atoms with E-state index in [1.807, 2.05) is 37.4 Å². The van der Waals surface area contributed by atoms with E-state index in [1.165, 1.54) is 0 Å². The topological polar surface area (TPSA) is 47.8 Å². The summed E-state index contributed by atoms with van der Waals surface area (Å²) in [6.45, 7) is 1.99. The molecule has 4 nitrogen and oxygen atoms in total. The Hall–Kier alpha value is -2.14. The number of fused-ring (bicyclic) bond motifs is 1. The van der Waals surface area contributed by atoms with E-state index in [2.05, 4.69) is 9.97 Å². The van der Waals surface area contributed by atoms with Gasteiger partial charge in [0.2, 0.25) is 0 Å². The molecule has 0 aliphatic carbocycles. The fourth-order valence-corrected chi connectivity index (χ4v) is 2.95. The van der Waals surface area contributed by atoms with Crippen LogP contribution in [0, 0.1) is 0 Å². The van der Waals surface area contributed by atoms with E-state index in [0.29, 0.717) is 17.5 Å². The molecule has 106 valence electrons. The van der Waals surface area contributed by atoms with E-state index in [-0.39, 0.29) is 5.56 Å². The number of hydrogen-bond donors (Lipinski definition) is 0. The molecule has 2 heterocycles. The van der Waals surface area contributed by atoms with Crippen LogP contribution < -0.4 is 5.56 Å². The smallest absolute Gasteiger partial charge is 0.267 e. The lowest BCUT2D eigenvalue weighted by Gasteiger charge is -2.14. The second kappa shape index (κ2) is 5.69. The Kier molecular flexibility index (Phi) is 3.75. The van der Waals surface area contributed by atoms with Crippen LogP contribution in [-0.4, -0.2) is 20.8 Å². The van der Waals surface area contributed by atoms with Crippen molar-refractivity contribution in [2.24, 2.45) is 0 Å². The maximum Gasteiger partial charge on any atom is 0.267 e. The van der Waals surface area contributed by atoms with Crippen LogP contribution in [0.2, 0.25) is 0 Å². The molecule has 0 saturated heterocycles. The first-order valence-electron chi connectivity index (χ1n) is 6.76. The molecular formula is C16H15N3OS. The Morgan fingerprint density at radius 2 is 2.00 bits per heavy atom. The lowest BCUT2D eigenvalue weighted by molar-refractivity contribution is 0.818. The van der Waals surface area contributed by atoms with Crippen LogP contribution >= 0.6 is 11.8 Å². The van der Waals surface area contributed by atoms with E-state index < -0.39 is 0 Å². The van der Waals surface area contributed by atoms with Gasteiger partial charge in [-0.3, -0.25) is 9.36 Å². The highest BCUT2D eigenvalue weighted by molar-refractivity contribution is 7.98. The van der Waals surface area contributed by atoms with E-state index in [1.54, 1.807) is 34.7 Å². The summed E-state index contributed by atoms with van der Waals surface area (Å²) in [4.78, 5) is 22.7. The number of benzene rings is 1. The summed E-state index contributed by atoms with van der Waals surface area (Å²) in [7, 11) is 0. The van der Waals surface area contributed by atoms with Gasteiger partial charge >= 0.3 is 0 Å². The van der Waals surface area contributed by atoms with Gasteiger partial charge in [-0.1, -0.05) is 19.1 Å². The van der Waals surface area contributed by atoms with Crippen molar-refractivity contribution in [2.75, 3.05) is 6.26 Å². The third-order valence-electron chi connectivity index (χ3n) is 3.36. The average Bonchev–Trinajstić information content (AvgIpc) is 2.54. The van der Waals surface area contributed by atoms with Crippen molar-refractivity contribution in [3.63, 3.8) is 0 Å². The number of nitrogens with zero attached hydrogens (tertiary/aromatic N) is 3. The minimum atomic E-state index is -0.0635. The van der Waals surface area contributed by atoms with Crippen LogP contribution in [0.4, 0.5) is 0 Å². The molecule has 0 unspecified atom stereocenters. The molecule has 0 saturated carbocycles. The molecular weight excluding hydrogens is 282 g/mol. The standard InChI is InChI=1S/C16H15N3OS/c1-3-14-18-15-11(7-6-10-17-15)16(20)19(14)12-8-4-5-9-13(12)21-2/h4-10H,3H2,1-2H3. The van der Waals surface area contributed by atoms with Gasteiger partial charge in [0.1, 0.15) is 5.82 Å². The van der Waals surface area contributed by atoms with Gasteiger partial charge in [0.15, 0.2) is 5.65 Å². The summed E-state index contributed by atoms with van der Waals surface area (Å²) in [5.74, 6) is 0.729. The molecule has 0 fully saturated rings. The Morgan fingerprint density at radius 1 is 1.19 bits per heavy atom. The van der Waals surface area contributed by atoms with Crippen molar-refractivity contribution in [1.29, 1.82) is 0 Å². The van der Waals surface area contributed by atoms with Crippen LogP contribution in [0.3, 0.4) is 0 Å². The highest BCUT2D eigenvalue weighted by Gasteiger charge is 2.14. The third kappa shape index (κ3) is 2.34. The van der Waals surface area contributed by atoms with Crippen molar-refractivity contribution in [3.05, 3.63) is 58.8 Å². The Bertz CT molecular complexity index is 858. The van der Waals surface area contributed by atoms with Crippen LogP contribution in [0.5, 0.6) is 0 Å². The molecule has 0 aliphatic heterocycles. The number of aryl methyl sites for hydroxylation is 1. The number of thioether (sulfide) groups is 1. The monoisotopic (exact) mass is 297 g/mol. The first-order valence-corrected chi connectivity index (χ1v) is 7.98. The van der Waals surface area contributed by atoms with Crippen LogP contribution in [-0.2, 0) is 6.42 Å². The van der Waals surface area contributed by atoms with Gasteiger partial charge in [0.25, 0.3) is 5.56 Å². The summed E-state index contributed by atoms with van der Waals surface area (Å²) in [6, 6.07) is 11.4. The second-order valence-electron chi connectivity index (χ2n) is 4.57. The summed E-state index contributed by atoms with van der Waals surface area (Å²) in [6.07, 6.45) is 4.34. The molecule has 3 aromatic rings. The predicted octanol–water partition coefficient (Wildman–Crippen LogP) is 3.07. The van der Waals surface area contributed by atoms with Gasteiger partial charge < -0.3 is 0 Å².